The van der Waals surface area contributed by atoms with Gasteiger partial charge in [0, 0.05) is 0 Å². The van der Waals surface area contributed by atoms with Gasteiger partial charge in [-0.1, -0.05) is 0 Å². The number of halogens is 2. The van der Waals surface area contributed by atoms with E-state index in [-0.39, 0.29) is 34.0 Å². The first kappa shape index (κ1) is 11.3. The fourth-order valence-corrected chi connectivity index (χ4v) is 0.825. The first-order chi connectivity index (χ1) is 2.43. The Morgan fingerprint density at radius 3 is 1.71 bits per heavy atom. The third-order valence-corrected chi connectivity index (χ3v) is 1.70. The molecule has 0 radical (unpaired) electrons. The fourth-order valence-electron chi connectivity index (χ4n) is 0.354. The van der Waals surface area contributed by atoms with Crippen LogP contribution < -0.4 is 34.0 Å². The first-order valence-electron chi connectivity index (χ1n) is 2.13. The van der Waals surface area contributed by atoms with E-state index in [1.807, 2.05) is 0 Å². The molecule has 1 saturated carbocycles. The molecular weight excluding hydrogens is 235 g/mol. The molecule has 40 valence electrons. The van der Waals surface area contributed by atoms with Crippen molar-refractivity contribution in [3.63, 3.8) is 0 Å². The van der Waals surface area contributed by atoms with Gasteiger partial charge in [-0.3, -0.25) is 0 Å². The summed E-state index contributed by atoms with van der Waals surface area (Å²) in [6.07, 6.45) is 2.98. The van der Waals surface area contributed by atoms with E-state index in [0.29, 0.717) is 0 Å². The van der Waals surface area contributed by atoms with E-state index >= 15 is 0 Å². The second kappa shape index (κ2) is 5.63. The van der Waals surface area contributed by atoms with Gasteiger partial charge >= 0.3 is 40.3 Å². The molecule has 0 aliphatic heterocycles. The minimum absolute atomic E-state index is 0. The standard InChI is InChI=1S/C4H7.Al.2BrH/c1-4-2-3-4;;;/h4H,1-3H2;;2*1H/q;+2;;/p-2. The van der Waals surface area contributed by atoms with Crippen molar-refractivity contribution in [1.82, 2.24) is 0 Å². The molecule has 0 heterocycles. The van der Waals surface area contributed by atoms with Gasteiger partial charge in [-0.05, 0) is 0 Å². The Morgan fingerprint density at radius 1 is 1.29 bits per heavy atom. The maximum atomic E-state index is 2.76. The Bertz CT molecular complexity index is 36.7. The molecule has 0 spiro atoms. The van der Waals surface area contributed by atoms with Crippen LogP contribution in [0.15, 0.2) is 0 Å². The molecular formula is C4H7AlBr2. The van der Waals surface area contributed by atoms with Gasteiger partial charge in [0.05, 0.1) is 0 Å². The van der Waals surface area contributed by atoms with Crippen molar-refractivity contribution in [2.75, 3.05) is 0 Å². The summed E-state index contributed by atoms with van der Waals surface area (Å²) in [5.74, 6) is 1.10. The van der Waals surface area contributed by atoms with Crippen LogP contribution in [0.4, 0.5) is 0 Å². The zero-order valence-corrected chi connectivity index (χ0v) is 8.36. The molecule has 0 aromatic rings. The second-order valence-corrected chi connectivity index (χ2v) is 2.15. The number of hydrogen-bond donors (Lipinski definition) is 0. The SMILES string of the molecule is [Al+2][CH2]C1CC1.[Br-].[Br-]. The molecule has 0 atom stereocenters. The summed E-state index contributed by atoms with van der Waals surface area (Å²) < 4.78 is 0. The van der Waals surface area contributed by atoms with E-state index in [1.165, 1.54) is 18.1 Å². The van der Waals surface area contributed by atoms with Crippen molar-refractivity contribution in [2.45, 2.75) is 18.1 Å². The smallest absolute Gasteiger partial charge is 1.00 e. The quantitative estimate of drug-likeness (QED) is 0.404. The minimum atomic E-state index is 0. The topological polar surface area (TPSA) is 0 Å². The van der Waals surface area contributed by atoms with Crippen LogP contribution in [0.1, 0.15) is 12.8 Å². The molecule has 0 N–H and O–H groups in total. The summed E-state index contributed by atoms with van der Waals surface area (Å²) in [5, 5.41) is 1.33. The molecule has 3 heteroatoms. The van der Waals surface area contributed by atoms with Gasteiger partial charge in [-0.25, -0.2) is 0 Å². The van der Waals surface area contributed by atoms with Crippen LogP contribution in [-0.2, 0) is 0 Å². The molecule has 0 bridgehead atoms. The van der Waals surface area contributed by atoms with Gasteiger partial charge in [-0.15, -0.1) is 0 Å². The number of hydrogen-bond acceptors (Lipinski definition) is 0. The van der Waals surface area contributed by atoms with Crippen LogP contribution >= 0.6 is 0 Å². The van der Waals surface area contributed by atoms with Gasteiger partial charge in [0.15, 0.2) is 0 Å². The van der Waals surface area contributed by atoms with Crippen LogP contribution in [0.2, 0.25) is 5.28 Å². The van der Waals surface area contributed by atoms with Gasteiger partial charge < -0.3 is 34.0 Å². The summed E-state index contributed by atoms with van der Waals surface area (Å²) in [6, 6.07) is 0. The third kappa shape index (κ3) is 5.36. The summed E-state index contributed by atoms with van der Waals surface area (Å²) in [7, 11) is 0. The van der Waals surface area contributed by atoms with Crippen LogP contribution in [-0.4, -0.2) is 16.3 Å². The summed E-state index contributed by atoms with van der Waals surface area (Å²) in [4.78, 5) is 0. The largest absolute Gasteiger partial charge is 1.00 e. The predicted molar refractivity (Wildman–Crippen MR) is 23.3 cm³/mol. The van der Waals surface area contributed by atoms with Crippen LogP contribution in [0, 0.1) is 5.92 Å². The summed E-state index contributed by atoms with van der Waals surface area (Å²) in [6.45, 7) is 0. The van der Waals surface area contributed by atoms with Crippen molar-refractivity contribution < 1.29 is 34.0 Å². The van der Waals surface area contributed by atoms with Crippen molar-refractivity contribution >= 4 is 16.3 Å². The molecule has 0 saturated heterocycles. The van der Waals surface area contributed by atoms with E-state index < -0.39 is 0 Å². The van der Waals surface area contributed by atoms with Gasteiger partial charge in [-0.2, -0.15) is 0 Å². The molecule has 0 unspecified atom stereocenters. The Balaban J connectivity index is 0. The molecule has 7 heavy (non-hydrogen) atoms. The minimum Gasteiger partial charge on any atom is -1.00 e. The van der Waals surface area contributed by atoms with Crippen LogP contribution in [0.5, 0.6) is 0 Å². The Hall–Kier alpha value is 1.49. The fraction of sp³-hybridized carbons (Fsp3) is 1.00. The van der Waals surface area contributed by atoms with Crippen molar-refractivity contribution in [3.8, 4) is 0 Å². The maximum Gasteiger partial charge on any atom is -1.00 e. The van der Waals surface area contributed by atoms with Crippen molar-refractivity contribution in [3.05, 3.63) is 0 Å². The van der Waals surface area contributed by atoms with E-state index in [1.54, 1.807) is 0 Å². The number of rotatable bonds is 1. The molecule has 0 aromatic heterocycles. The zero-order valence-electron chi connectivity index (χ0n) is 4.03. The maximum absolute atomic E-state index is 2.76. The van der Waals surface area contributed by atoms with Gasteiger partial charge in [0.2, 0.25) is 0 Å². The van der Waals surface area contributed by atoms with Crippen LogP contribution in [0.25, 0.3) is 0 Å². The van der Waals surface area contributed by atoms with E-state index in [4.69, 9.17) is 0 Å². The van der Waals surface area contributed by atoms with E-state index in [0.717, 1.165) is 5.92 Å². The van der Waals surface area contributed by atoms with Crippen molar-refractivity contribution in [1.29, 1.82) is 0 Å². The van der Waals surface area contributed by atoms with E-state index in [9.17, 15) is 0 Å². The zero-order chi connectivity index (χ0) is 3.70. The van der Waals surface area contributed by atoms with E-state index in [2.05, 4.69) is 16.3 Å². The predicted octanol–water partition coefficient (Wildman–Crippen LogP) is -5.01. The average Bonchev–Trinajstić information content (AvgIpc) is 2.12. The summed E-state index contributed by atoms with van der Waals surface area (Å²) in [5.41, 5.74) is 0. The van der Waals surface area contributed by atoms with Crippen LogP contribution in [0.3, 0.4) is 0 Å². The Kier molecular flexibility index (Phi) is 9.09. The molecule has 1 fully saturated rings. The Morgan fingerprint density at radius 2 is 1.71 bits per heavy atom. The molecule has 0 aromatic carbocycles. The average molecular weight is 242 g/mol. The van der Waals surface area contributed by atoms with Gasteiger partial charge in [0.25, 0.3) is 0 Å². The third-order valence-electron chi connectivity index (χ3n) is 1.03. The molecule has 1 aliphatic carbocycles. The monoisotopic (exact) mass is 240 g/mol. The normalized spacial score (nSPS) is 16.9. The molecule has 0 nitrogen and oxygen atoms in total. The van der Waals surface area contributed by atoms with Gasteiger partial charge in [0.1, 0.15) is 0 Å². The Labute approximate surface area is 74.0 Å². The van der Waals surface area contributed by atoms with Crippen molar-refractivity contribution in [2.24, 2.45) is 5.92 Å². The first-order valence-corrected chi connectivity index (χ1v) is 2.95. The molecule has 0 amide bonds. The molecule has 1 aliphatic rings. The summed E-state index contributed by atoms with van der Waals surface area (Å²) >= 11 is 2.76. The second-order valence-electron chi connectivity index (χ2n) is 1.68. The molecule has 1 rings (SSSR count).